The Balaban J connectivity index is 1.98. The van der Waals surface area contributed by atoms with Crippen LogP contribution < -0.4 is 5.73 Å². The van der Waals surface area contributed by atoms with Gasteiger partial charge in [-0.15, -0.1) is 0 Å². The maximum Gasteiger partial charge on any atom is 0.261 e. The Labute approximate surface area is 122 Å². The van der Waals surface area contributed by atoms with Gasteiger partial charge >= 0.3 is 0 Å². The molecular weight excluding hydrogens is 336 g/mol. The van der Waals surface area contributed by atoms with E-state index in [2.05, 4.69) is 26.1 Å². The fourth-order valence-corrected chi connectivity index (χ4v) is 2.06. The molecule has 108 valence electrons. The summed E-state index contributed by atoms with van der Waals surface area (Å²) in [4.78, 5) is 4.16. The van der Waals surface area contributed by atoms with Crippen molar-refractivity contribution in [2.24, 2.45) is 0 Å². The number of alkyl halides is 2. The molecule has 0 aliphatic heterocycles. The molecule has 0 unspecified atom stereocenters. The lowest BCUT2D eigenvalue weighted by Crippen LogP contribution is -2.07. The molecule has 0 saturated carbocycles. The lowest BCUT2D eigenvalue weighted by atomic mass is 10.2. The van der Waals surface area contributed by atoms with Crippen LogP contribution in [0.25, 0.3) is 11.5 Å². The first-order valence-electron chi connectivity index (χ1n) is 5.79. The zero-order valence-corrected chi connectivity index (χ0v) is 11.9. The first-order chi connectivity index (χ1) is 9.54. The molecule has 2 aromatic rings. The Morgan fingerprint density at radius 3 is 2.85 bits per heavy atom. The van der Waals surface area contributed by atoms with Gasteiger partial charge in [-0.3, -0.25) is 0 Å². The van der Waals surface area contributed by atoms with Crippen LogP contribution in [-0.4, -0.2) is 29.8 Å². The van der Waals surface area contributed by atoms with Crippen LogP contribution in [0, 0.1) is 0 Å². The van der Waals surface area contributed by atoms with Crippen LogP contribution in [0.4, 0.5) is 14.5 Å². The number of ether oxygens (including phenoxy) is 1. The smallest absolute Gasteiger partial charge is 0.261 e. The number of anilines is 1. The number of halogens is 3. The van der Waals surface area contributed by atoms with Crippen LogP contribution in [0.2, 0.25) is 0 Å². The number of hydrogen-bond acceptors (Lipinski definition) is 5. The van der Waals surface area contributed by atoms with E-state index in [1.54, 1.807) is 18.2 Å². The Hall–Kier alpha value is -1.54. The van der Waals surface area contributed by atoms with E-state index < -0.39 is 13.0 Å². The highest BCUT2D eigenvalue weighted by molar-refractivity contribution is 9.10. The highest BCUT2D eigenvalue weighted by Crippen LogP contribution is 2.25. The Kier molecular flexibility index (Phi) is 5.02. The Bertz CT molecular complexity index is 557. The van der Waals surface area contributed by atoms with Crippen molar-refractivity contribution < 1.29 is 18.0 Å². The number of aromatic nitrogens is 2. The normalized spacial score (nSPS) is 11.2. The molecule has 0 aliphatic carbocycles. The van der Waals surface area contributed by atoms with Crippen molar-refractivity contribution in [2.75, 3.05) is 18.9 Å². The van der Waals surface area contributed by atoms with E-state index in [9.17, 15) is 8.78 Å². The average Bonchev–Trinajstić information content (AvgIpc) is 2.82. The summed E-state index contributed by atoms with van der Waals surface area (Å²) in [5.41, 5.74) is 6.97. The standard InChI is InChI=1S/C12H12BrF2N3O2/c13-8-3-7(4-9(16)5-8)12-17-11(18-20-12)1-2-19-6-10(14)15/h3-5,10H,1-2,6,16H2. The average molecular weight is 348 g/mol. The van der Waals surface area contributed by atoms with Gasteiger partial charge in [0.05, 0.1) is 6.61 Å². The molecule has 20 heavy (non-hydrogen) atoms. The number of nitrogen functional groups attached to an aromatic ring is 1. The molecule has 0 spiro atoms. The van der Waals surface area contributed by atoms with Crippen molar-refractivity contribution in [1.29, 1.82) is 0 Å². The third-order valence-corrected chi connectivity index (χ3v) is 2.81. The SMILES string of the molecule is Nc1cc(Br)cc(-c2nc(CCOCC(F)F)no2)c1. The molecule has 1 heterocycles. The molecule has 0 atom stereocenters. The number of rotatable bonds is 6. The third kappa shape index (κ3) is 4.24. The molecule has 0 radical (unpaired) electrons. The predicted molar refractivity (Wildman–Crippen MR) is 72.4 cm³/mol. The van der Waals surface area contributed by atoms with E-state index >= 15 is 0 Å². The van der Waals surface area contributed by atoms with E-state index in [0.717, 1.165) is 4.47 Å². The van der Waals surface area contributed by atoms with Crippen LogP contribution in [0.3, 0.4) is 0 Å². The Morgan fingerprint density at radius 2 is 2.15 bits per heavy atom. The van der Waals surface area contributed by atoms with Crippen molar-refractivity contribution in [1.82, 2.24) is 10.1 Å². The van der Waals surface area contributed by atoms with Gasteiger partial charge < -0.3 is 15.0 Å². The maximum atomic E-state index is 11.9. The van der Waals surface area contributed by atoms with Crippen LogP contribution in [0.15, 0.2) is 27.2 Å². The van der Waals surface area contributed by atoms with E-state index in [4.69, 9.17) is 15.0 Å². The highest BCUT2D eigenvalue weighted by atomic mass is 79.9. The lowest BCUT2D eigenvalue weighted by Gasteiger charge is -2.00. The summed E-state index contributed by atoms with van der Waals surface area (Å²) in [6.45, 7) is -0.475. The molecular formula is C12H12BrF2N3O2. The third-order valence-electron chi connectivity index (χ3n) is 2.35. The minimum Gasteiger partial charge on any atom is -0.399 e. The molecule has 1 aromatic carbocycles. The zero-order valence-electron chi connectivity index (χ0n) is 10.4. The van der Waals surface area contributed by atoms with Crippen LogP contribution >= 0.6 is 15.9 Å². The van der Waals surface area contributed by atoms with Crippen molar-refractivity contribution in [2.45, 2.75) is 12.8 Å². The van der Waals surface area contributed by atoms with Crippen molar-refractivity contribution in [3.05, 3.63) is 28.5 Å². The van der Waals surface area contributed by atoms with E-state index in [0.29, 0.717) is 29.4 Å². The summed E-state index contributed by atoms with van der Waals surface area (Å²) < 4.78 is 34.4. The first kappa shape index (κ1) is 14.9. The van der Waals surface area contributed by atoms with Gasteiger partial charge in [0, 0.05) is 22.1 Å². The predicted octanol–water partition coefficient (Wildman–Crippen LogP) is 2.91. The monoisotopic (exact) mass is 347 g/mol. The molecule has 0 saturated heterocycles. The van der Waals surface area contributed by atoms with Crippen LogP contribution in [-0.2, 0) is 11.2 Å². The van der Waals surface area contributed by atoms with Gasteiger partial charge in [0.25, 0.3) is 12.3 Å². The molecule has 2 rings (SSSR count). The summed E-state index contributed by atoms with van der Waals surface area (Å²) in [6.07, 6.45) is -2.17. The maximum absolute atomic E-state index is 11.9. The molecule has 0 bridgehead atoms. The number of benzene rings is 1. The fourth-order valence-electron chi connectivity index (χ4n) is 1.54. The highest BCUT2D eigenvalue weighted by Gasteiger charge is 2.10. The quantitative estimate of drug-likeness (QED) is 0.642. The van der Waals surface area contributed by atoms with E-state index in [1.807, 2.05) is 0 Å². The van der Waals surface area contributed by atoms with Crippen molar-refractivity contribution >= 4 is 21.6 Å². The number of nitrogens with two attached hydrogens (primary N) is 1. The molecule has 2 N–H and O–H groups in total. The first-order valence-corrected chi connectivity index (χ1v) is 6.59. The second kappa shape index (κ2) is 6.76. The lowest BCUT2D eigenvalue weighted by molar-refractivity contribution is 0.0182. The molecule has 0 aliphatic rings. The molecule has 1 aromatic heterocycles. The zero-order chi connectivity index (χ0) is 14.5. The second-order valence-corrected chi connectivity index (χ2v) is 4.92. The van der Waals surface area contributed by atoms with Gasteiger partial charge in [-0.2, -0.15) is 4.98 Å². The molecule has 0 fully saturated rings. The van der Waals surface area contributed by atoms with Crippen molar-refractivity contribution in [3.63, 3.8) is 0 Å². The fraction of sp³-hybridized carbons (Fsp3) is 0.333. The molecule has 8 heteroatoms. The number of hydrogen-bond donors (Lipinski definition) is 1. The van der Waals surface area contributed by atoms with Gasteiger partial charge in [-0.05, 0) is 18.2 Å². The Morgan fingerprint density at radius 1 is 1.35 bits per heavy atom. The molecule has 5 nitrogen and oxygen atoms in total. The minimum absolute atomic E-state index is 0.115. The van der Waals surface area contributed by atoms with Gasteiger partial charge in [-0.1, -0.05) is 21.1 Å². The largest absolute Gasteiger partial charge is 0.399 e. The van der Waals surface area contributed by atoms with Crippen LogP contribution in [0.5, 0.6) is 0 Å². The summed E-state index contributed by atoms with van der Waals surface area (Å²) in [5.74, 6) is 0.717. The summed E-state index contributed by atoms with van der Waals surface area (Å²) >= 11 is 3.32. The van der Waals surface area contributed by atoms with E-state index in [1.165, 1.54) is 0 Å². The second-order valence-electron chi connectivity index (χ2n) is 4.00. The van der Waals surface area contributed by atoms with Gasteiger partial charge in [0.1, 0.15) is 6.61 Å². The van der Waals surface area contributed by atoms with E-state index in [-0.39, 0.29) is 6.61 Å². The minimum atomic E-state index is -2.47. The molecule has 0 amide bonds. The summed E-state index contributed by atoms with van der Waals surface area (Å²) in [6, 6.07) is 5.25. The van der Waals surface area contributed by atoms with Gasteiger partial charge in [-0.25, -0.2) is 8.78 Å². The van der Waals surface area contributed by atoms with Gasteiger partial charge in [0.15, 0.2) is 5.82 Å². The van der Waals surface area contributed by atoms with Gasteiger partial charge in [0.2, 0.25) is 0 Å². The summed E-state index contributed by atoms with van der Waals surface area (Å²) in [7, 11) is 0. The topological polar surface area (TPSA) is 74.2 Å². The summed E-state index contributed by atoms with van der Waals surface area (Å²) in [5, 5.41) is 3.76. The number of nitrogens with zero attached hydrogens (tertiary/aromatic N) is 2. The van der Waals surface area contributed by atoms with Crippen LogP contribution in [0.1, 0.15) is 5.82 Å². The van der Waals surface area contributed by atoms with Crippen molar-refractivity contribution in [3.8, 4) is 11.5 Å².